The number of Topliss-reactive ketones (excluding diaryl/α,β-unsaturated/α-hetero) is 1. The number of aliphatic hydroxyl groups excluding tert-OH is 1. The third-order valence-corrected chi connectivity index (χ3v) is 8.59. The van der Waals surface area contributed by atoms with Crippen LogP contribution in [0.4, 0.5) is 0 Å². The van der Waals surface area contributed by atoms with E-state index in [4.69, 9.17) is 14.2 Å². The zero-order valence-electron chi connectivity index (χ0n) is 25.4. The van der Waals surface area contributed by atoms with Gasteiger partial charge < -0.3 is 35.3 Å². The van der Waals surface area contributed by atoms with E-state index >= 15 is 0 Å². The number of nitrogens with one attached hydrogen (secondary N) is 3. The van der Waals surface area contributed by atoms with Crippen molar-refractivity contribution in [1.82, 2.24) is 20.9 Å². The lowest BCUT2D eigenvalue weighted by Crippen LogP contribution is -2.57. The molecule has 3 aliphatic rings. The number of benzene rings is 1. The number of ether oxygens (including phenoxy) is 3. The van der Waals surface area contributed by atoms with Crippen LogP contribution in [0.2, 0.25) is 0 Å². The molecular weight excluding hydrogens is 556 g/mol. The highest BCUT2D eigenvalue weighted by Gasteiger charge is 2.50. The zero-order chi connectivity index (χ0) is 31.0. The predicted molar refractivity (Wildman–Crippen MR) is 157 cm³/mol. The van der Waals surface area contributed by atoms with Gasteiger partial charge in [-0.2, -0.15) is 0 Å². The number of epoxide rings is 1. The third kappa shape index (κ3) is 9.72. The highest BCUT2D eigenvalue weighted by molar-refractivity contribution is 5.98. The van der Waals surface area contributed by atoms with Crippen molar-refractivity contribution in [2.75, 3.05) is 46.6 Å². The minimum absolute atomic E-state index is 0.152. The lowest BCUT2D eigenvalue weighted by atomic mass is 9.81. The first-order valence-corrected chi connectivity index (χ1v) is 15.3. The van der Waals surface area contributed by atoms with E-state index in [-0.39, 0.29) is 36.7 Å². The molecule has 2 heterocycles. The molecule has 4 N–H and O–H groups in total. The standard InChI is InChI=1S/C31H46N4O8/c1-20(32-27(37)18-35-12-14-42-15-13-35)29(39)34-26(17-22-6-10-24(41-3)11-7-22)30(40)33-25(28(38)31(2)19-43-31)16-21-4-8-23(36)9-5-21/h6-7,10-11,20-21,23,25-26,36H,4-5,8-9,12-19H2,1-3H3,(H,32,37)(H,33,40)(H,34,39)/t20-,21-,23+,25-,26-,31+/m0/s1. The average Bonchev–Trinajstić information content (AvgIpc) is 3.76. The van der Waals surface area contributed by atoms with E-state index in [1.807, 2.05) is 17.0 Å². The monoisotopic (exact) mass is 602 g/mol. The normalized spacial score (nSPS) is 26.0. The summed E-state index contributed by atoms with van der Waals surface area (Å²) in [4.78, 5) is 55.0. The molecule has 0 bridgehead atoms. The molecule has 12 nitrogen and oxygen atoms in total. The van der Waals surface area contributed by atoms with Crippen molar-refractivity contribution in [3.63, 3.8) is 0 Å². The van der Waals surface area contributed by atoms with Gasteiger partial charge in [0.15, 0.2) is 5.78 Å². The van der Waals surface area contributed by atoms with Crippen LogP contribution in [-0.2, 0) is 35.1 Å². The second-order valence-corrected chi connectivity index (χ2v) is 12.1. The highest BCUT2D eigenvalue weighted by Crippen LogP contribution is 2.33. The number of rotatable bonds is 14. The summed E-state index contributed by atoms with van der Waals surface area (Å²) in [6.07, 6.45) is 3.15. The van der Waals surface area contributed by atoms with Gasteiger partial charge in [-0.05, 0) is 69.6 Å². The SMILES string of the molecule is COc1ccc(C[C@H](NC(=O)[C@H](C)NC(=O)CN2CCOCC2)C(=O)N[C@@H](C[C@H]2CC[C@@H](O)CC2)C(=O)[C@@]2(C)CO2)cc1. The molecule has 0 aromatic heterocycles. The molecule has 43 heavy (non-hydrogen) atoms. The van der Waals surface area contributed by atoms with Gasteiger partial charge in [0, 0.05) is 19.5 Å². The maximum absolute atomic E-state index is 13.8. The first-order valence-electron chi connectivity index (χ1n) is 15.3. The number of methoxy groups -OCH3 is 1. The molecule has 3 fully saturated rings. The largest absolute Gasteiger partial charge is 0.497 e. The summed E-state index contributed by atoms with van der Waals surface area (Å²) in [5.74, 6) is -0.644. The molecule has 1 aromatic rings. The number of hydrogen-bond acceptors (Lipinski definition) is 9. The molecule has 12 heteroatoms. The molecule has 3 amide bonds. The van der Waals surface area contributed by atoms with Crippen molar-refractivity contribution in [1.29, 1.82) is 0 Å². The van der Waals surface area contributed by atoms with Crippen LogP contribution in [0.3, 0.4) is 0 Å². The number of ketones is 1. The molecule has 4 atom stereocenters. The Bertz CT molecular complexity index is 1110. The van der Waals surface area contributed by atoms with E-state index in [1.165, 1.54) is 0 Å². The topological polar surface area (TPSA) is 159 Å². The second-order valence-electron chi connectivity index (χ2n) is 12.1. The Morgan fingerprint density at radius 1 is 1.00 bits per heavy atom. The predicted octanol–water partition coefficient (Wildman–Crippen LogP) is 0.343. The summed E-state index contributed by atoms with van der Waals surface area (Å²) in [5, 5.41) is 18.4. The van der Waals surface area contributed by atoms with Crippen molar-refractivity contribution < 1.29 is 38.5 Å². The van der Waals surface area contributed by atoms with Gasteiger partial charge in [-0.1, -0.05) is 12.1 Å². The van der Waals surface area contributed by atoms with Crippen LogP contribution < -0.4 is 20.7 Å². The number of morpholine rings is 1. The number of aliphatic hydroxyl groups is 1. The van der Waals surface area contributed by atoms with Gasteiger partial charge in [0.05, 0.1) is 45.6 Å². The zero-order valence-corrected chi connectivity index (χ0v) is 25.4. The first kappa shape index (κ1) is 32.8. The molecule has 0 unspecified atom stereocenters. The van der Waals surface area contributed by atoms with Crippen LogP contribution in [0.1, 0.15) is 51.5 Å². The number of nitrogens with zero attached hydrogens (tertiary/aromatic N) is 1. The van der Waals surface area contributed by atoms with Crippen molar-refractivity contribution >= 4 is 23.5 Å². The molecular formula is C31H46N4O8. The van der Waals surface area contributed by atoms with E-state index in [9.17, 15) is 24.3 Å². The fraction of sp³-hybridized carbons (Fsp3) is 0.677. The maximum Gasteiger partial charge on any atom is 0.243 e. The summed E-state index contributed by atoms with van der Waals surface area (Å²) in [7, 11) is 1.56. The van der Waals surface area contributed by atoms with Crippen LogP contribution >= 0.6 is 0 Å². The van der Waals surface area contributed by atoms with Crippen LogP contribution in [0.5, 0.6) is 5.75 Å². The summed E-state index contributed by atoms with van der Waals surface area (Å²) in [5.41, 5.74) is -0.146. The summed E-state index contributed by atoms with van der Waals surface area (Å²) in [6.45, 7) is 6.15. The minimum atomic E-state index is -1.00. The Morgan fingerprint density at radius 2 is 1.63 bits per heavy atom. The Kier molecular flexibility index (Phi) is 11.5. The van der Waals surface area contributed by atoms with Gasteiger partial charge in [0.2, 0.25) is 17.7 Å². The van der Waals surface area contributed by atoms with E-state index in [0.717, 1.165) is 18.4 Å². The Labute approximate surface area is 253 Å². The average molecular weight is 603 g/mol. The summed E-state index contributed by atoms with van der Waals surface area (Å²) >= 11 is 0. The molecule has 1 saturated carbocycles. The highest BCUT2D eigenvalue weighted by atomic mass is 16.6. The van der Waals surface area contributed by atoms with E-state index in [1.54, 1.807) is 33.1 Å². The van der Waals surface area contributed by atoms with Gasteiger partial charge in [0.1, 0.15) is 23.4 Å². The van der Waals surface area contributed by atoms with Gasteiger partial charge in [-0.25, -0.2) is 0 Å². The number of carbonyl (C=O) groups is 4. The Morgan fingerprint density at radius 3 is 2.23 bits per heavy atom. The van der Waals surface area contributed by atoms with Crippen molar-refractivity contribution in [3.8, 4) is 5.75 Å². The van der Waals surface area contributed by atoms with Gasteiger partial charge in [-0.3, -0.25) is 24.1 Å². The Hall–Kier alpha value is -3.06. The minimum Gasteiger partial charge on any atom is -0.497 e. The van der Waals surface area contributed by atoms with E-state index < -0.39 is 35.5 Å². The number of amides is 3. The van der Waals surface area contributed by atoms with Crippen LogP contribution in [0.25, 0.3) is 0 Å². The first-order chi connectivity index (χ1) is 20.6. The second kappa shape index (κ2) is 15.1. The molecule has 238 valence electrons. The molecule has 1 aliphatic carbocycles. The molecule has 1 aromatic carbocycles. The Balaban J connectivity index is 1.44. The van der Waals surface area contributed by atoms with Crippen molar-refractivity contribution in [2.45, 2.75) is 82.2 Å². The molecule has 2 aliphatic heterocycles. The quantitative estimate of drug-likeness (QED) is 0.220. The number of hydrogen-bond donors (Lipinski definition) is 4. The fourth-order valence-electron chi connectivity index (χ4n) is 5.66. The third-order valence-electron chi connectivity index (χ3n) is 8.59. The molecule has 2 saturated heterocycles. The van der Waals surface area contributed by atoms with E-state index in [0.29, 0.717) is 57.9 Å². The van der Waals surface area contributed by atoms with Gasteiger partial charge in [-0.15, -0.1) is 0 Å². The van der Waals surface area contributed by atoms with Crippen LogP contribution in [0, 0.1) is 5.92 Å². The van der Waals surface area contributed by atoms with Crippen LogP contribution in [0.15, 0.2) is 24.3 Å². The fourth-order valence-corrected chi connectivity index (χ4v) is 5.66. The molecule has 0 radical (unpaired) electrons. The number of carbonyl (C=O) groups excluding carboxylic acids is 4. The molecule has 4 rings (SSSR count). The van der Waals surface area contributed by atoms with Gasteiger partial charge >= 0.3 is 0 Å². The van der Waals surface area contributed by atoms with Crippen LogP contribution in [-0.4, -0.2) is 110 Å². The maximum atomic E-state index is 13.8. The molecule has 0 spiro atoms. The lowest BCUT2D eigenvalue weighted by molar-refractivity contribution is -0.134. The van der Waals surface area contributed by atoms with Gasteiger partial charge in [0.25, 0.3) is 0 Å². The smallest absolute Gasteiger partial charge is 0.243 e. The summed E-state index contributed by atoms with van der Waals surface area (Å²) in [6, 6.07) is 4.49. The summed E-state index contributed by atoms with van der Waals surface area (Å²) < 4.78 is 16.0. The van der Waals surface area contributed by atoms with Crippen molar-refractivity contribution in [2.24, 2.45) is 5.92 Å². The lowest BCUT2D eigenvalue weighted by Gasteiger charge is -2.30. The van der Waals surface area contributed by atoms with Crippen molar-refractivity contribution in [3.05, 3.63) is 29.8 Å². The van der Waals surface area contributed by atoms with E-state index in [2.05, 4.69) is 16.0 Å².